The molecule has 0 unspecified atom stereocenters. The molecule has 1 saturated heterocycles. The second kappa shape index (κ2) is 9.56. The first-order valence-electron chi connectivity index (χ1n) is 9.44. The highest BCUT2D eigenvalue weighted by atomic mass is 32.2. The third-order valence-electron chi connectivity index (χ3n) is 5.33. The molecule has 4 heteroatoms. The second-order valence-corrected chi connectivity index (χ2v) is 8.03. The van der Waals surface area contributed by atoms with Gasteiger partial charge in [0.2, 0.25) is 0 Å². The summed E-state index contributed by atoms with van der Waals surface area (Å²) in [6.07, 6.45) is 2.97. The first-order valence-corrected chi connectivity index (χ1v) is 10.7. The van der Waals surface area contributed by atoms with Crippen molar-refractivity contribution in [3.8, 4) is 0 Å². The van der Waals surface area contributed by atoms with Gasteiger partial charge in [0, 0.05) is 50.3 Å². The summed E-state index contributed by atoms with van der Waals surface area (Å²) < 4.78 is 0. The number of piperazine rings is 1. The van der Waals surface area contributed by atoms with E-state index in [1.807, 2.05) is 0 Å². The van der Waals surface area contributed by atoms with Gasteiger partial charge in [0.1, 0.15) is 0 Å². The molecule has 140 valence electrons. The molecule has 1 aliphatic rings. The Morgan fingerprint density at radius 1 is 1.08 bits per heavy atom. The van der Waals surface area contributed by atoms with Gasteiger partial charge in [-0.2, -0.15) is 0 Å². The molecule has 3 rings (SSSR count). The van der Waals surface area contributed by atoms with E-state index in [1.165, 1.54) is 21.6 Å². The summed E-state index contributed by atoms with van der Waals surface area (Å²) in [7, 11) is 0. The van der Waals surface area contributed by atoms with E-state index in [0.29, 0.717) is 6.04 Å². The molecule has 1 N–H and O–H groups in total. The van der Waals surface area contributed by atoms with Gasteiger partial charge in [0.15, 0.2) is 0 Å². The third-order valence-corrected chi connectivity index (χ3v) is 6.05. The zero-order valence-corrected chi connectivity index (χ0v) is 16.7. The summed E-state index contributed by atoms with van der Waals surface area (Å²) >= 11 is 1.80. The van der Waals surface area contributed by atoms with Crippen LogP contribution in [0.2, 0.25) is 0 Å². The van der Waals surface area contributed by atoms with E-state index in [-0.39, 0.29) is 6.61 Å². The predicted octanol–water partition coefficient (Wildman–Crippen LogP) is 3.79. The van der Waals surface area contributed by atoms with Crippen LogP contribution in [0.4, 0.5) is 0 Å². The van der Waals surface area contributed by atoms with E-state index < -0.39 is 0 Å². The van der Waals surface area contributed by atoms with Gasteiger partial charge in [-0.25, -0.2) is 0 Å². The molecule has 1 heterocycles. The minimum absolute atomic E-state index is 0.255. The molecule has 3 nitrogen and oxygen atoms in total. The summed E-state index contributed by atoms with van der Waals surface area (Å²) in [5, 5.41) is 9.55. The van der Waals surface area contributed by atoms with Crippen molar-refractivity contribution in [2.45, 2.75) is 37.4 Å². The molecule has 1 atom stereocenters. The van der Waals surface area contributed by atoms with Crippen LogP contribution in [-0.4, -0.2) is 53.4 Å². The number of nitrogens with zero attached hydrogens (tertiary/aromatic N) is 2. The van der Waals surface area contributed by atoms with Crippen molar-refractivity contribution in [1.29, 1.82) is 0 Å². The molecule has 2 aromatic carbocycles. The lowest BCUT2D eigenvalue weighted by Crippen LogP contribution is -2.52. The number of aryl methyl sites for hydroxylation is 1. The summed E-state index contributed by atoms with van der Waals surface area (Å²) in [6.45, 7) is 7.58. The fourth-order valence-corrected chi connectivity index (χ4v) is 4.25. The van der Waals surface area contributed by atoms with Gasteiger partial charge in [-0.1, -0.05) is 36.4 Å². The highest BCUT2D eigenvalue weighted by molar-refractivity contribution is 7.98. The zero-order chi connectivity index (χ0) is 18.4. The molecule has 0 amide bonds. The van der Waals surface area contributed by atoms with Crippen LogP contribution in [0.3, 0.4) is 0 Å². The van der Waals surface area contributed by atoms with Gasteiger partial charge in [-0.05, 0) is 48.4 Å². The van der Waals surface area contributed by atoms with E-state index in [2.05, 4.69) is 71.5 Å². The Bertz CT molecular complexity index is 706. The summed E-state index contributed by atoms with van der Waals surface area (Å²) in [5.74, 6) is 0. The first-order chi connectivity index (χ1) is 12.7. The predicted molar refractivity (Wildman–Crippen MR) is 111 cm³/mol. The number of aliphatic hydroxyl groups excluding tert-OH is 1. The molecule has 0 spiro atoms. The van der Waals surface area contributed by atoms with E-state index in [1.54, 1.807) is 11.8 Å². The maximum Gasteiger partial charge on any atom is 0.0446 e. The lowest BCUT2D eigenvalue weighted by Gasteiger charge is -2.41. The maximum absolute atomic E-state index is 9.55. The fourth-order valence-electron chi connectivity index (χ4n) is 3.77. The summed E-state index contributed by atoms with van der Waals surface area (Å²) in [4.78, 5) is 6.41. The van der Waals surface area contributed by atoms with E-state index in [9.17, 15) is 5.11 Å². The quantitative estimate of drug-likeness (QED) is 0.750. The largest absolute Gasteiger partial charge is 0.396 e. The van der Waals surface area contributed by atoms with Crippen molar-refractivity contribution < 1.29 is 5.11 Å². The highest BCUT2D eigenvalue weighted by Gasteiger charge is 2.26. The SMILES string of the molecule is CSc1cccc(CN2CCN(Cc3ccccc3C)[C@@H](CCO)C2)c1. The van der Waals surface area contributed by atoms with E-state index in [4.69, 9.17) is 0 Å². The number of benzene rings is 2. The Balaban J connectivity index is 1.64. The van der Waals surface area contributed by atoms with Crippen LogP contribution >= 0.6 is 11.8 Å². The van der Waals surface area contributed by atoms with Crippen LogP contribution in [-0.2, 0) is 13.1 Å². The Hall–Kier alpha value is -1.33. The van der Waals surface area contributed by atoms with Crippen molar-refractivity contribution in [3.05, 3.63) is 65.2 Å². The number of rotatable bonds is 7. The van der Waals surface area contributed by atoms with Crippen LogP contribution < -0.4 is 0 Å². The molecule has 1 aliphatic heterocycles. The number of hydrogen-bond acceptors (Lipinski definition) is 4. The highest BCUT2D eigenvalue weighted by Crippen LogP contribution is 2.21. The zero-order valence-electron chi connectivity index (χ0n) is 15.9. The number of aliphatic hydroxyl groups is 1. The summed E-state index contributed by atoms with van der Waals surface area (Å²) in [6, 6.07) is 17.9. The smallest absolute Gasteiger partial charge is 0.0446 e. The average Bonchev–Trinajstić information content (AvgIpc) is 2.66. The molecule has 0 radical (unpaired) electrons. The minimum atomic E-state index is 0.255. The Morgan fingerprint density at radius 3 is 2.69 bits per heavy atom. The van der Waals surface area contributed by atoms with Crippen molar-refractivity contribution in [3.63, 3.8) is 0 Å². The first kappa shape index (κ1) is 19.4. The normalized spacial score (nSPS) is 19.0. The minimum Gasteiger partial charge on any atom is -0.396 e. The van der Waals surface area contributed by atoms with Crippen molar-refractivity contribution in [2.75, 3.05) is 32.5 Å². The van der Waals surface area contributed by atoms with Gasteiger partial charge in [0.25, 0.3) is 0 Å². The van der Waals surface area contributed by atoms with Crippen LogP contribution in [0.15, 0.2) is 53.4 Å². The standard InChI is InChI=1S/C22H30N2OS/c1-18-6-3-4-8-20(18)16-24-12-11-23(17-21(24)10-13-25)15-19-7-5-9-22(14-19)26-2/h3-9,14,21,25H,10-13,15-17H2,1-2H3/t21-/m0/s1. The van der Waals surface area contributed by atoms with Crippen LogP contribution in [0, 0.1) is 6.92 Å². The molecule has 0 aromatic heterocycles. The lowest BCUT2D eigenvalue weighted by molar-refractivity contribution is 0.0498. The molecule has 1 fully saturated rings. The third kappa shape index (κ3) is 5.10. The second-order valence-electron chi connectivity index (χ2n) is 7.15. The maximum atomic E-state index is 9.55. The number of hydrogen-bond donors (Lipinski definition) is 1. The van der Waals surface area contributed by atoms with Crippen LogP contribution in [0.5, 0.6) is 0 Å². The van der Waals surface area contributed by atoms with E-state index in [0.717, 1.165) is 39.1 Å². The lowest BCUT2D eigenvalue weighted by atomic mass is 10.0. The molecule has 0 saturated carbocycles. The molecule has 0 aliphatic carbocycles. The molecular formula is C22H30N2OS. The molecule has 26 heavy (non-hydrogen) atoms. The molecule has 2 aromatic rings. The van der Waals surface area contributed by atoms with Crippen molar-refractivity contribution in [2.24, 2.45) is 0 Å². The van der Waals surface area contributed by atoms with Gasteiger partial charge >= 0.3 is 0 Å². The monoisotopic (exact) mass is 370 g/mol. The van der Waals surface area contributed by atoms with Gasteiger partial charge in [-0.3, -0.25) is 9.80 Å². The average molecular weight is 371 g/mol. The molecule has 0 bridgehead atoms. The van der Waals surface area contributed by atoms with Crippen LogP contribution in [0.1, 0.15) is 23.1 Å². The van der Waals surface area contributed by atoms with Crippen LogP contribution in [0.25, 0.3) is 0 Å². The summed E-state index contributed by atoms with van der Waals surface area (Å²) in [5.41, 5.74) is 4.13. The number of thioether (sulfide) groups is 1. The fraction of sp³-hybridized carbons (Fsp3) is 0.455. The topological polar surface area (TPSA) is 26.7 Å². The Morgan fingerprint density at radius 2 is 1.92 bits per heavy atom. The van der Waals surface area contributed by atoms with E-state index >= 15 is 0 Å². The van der Waals surface area contributed by atoms with Gasteiger partial charge in [0.05, 0.1) is 0 Å². The van der Waals surface area contributed by atoms with Crippen molar-refractivity contribution >= 4 is 11.8 Å². The molecular weight excluding hydrogens is 340 g/mol. The van der Waals surface area contributed by atoms with Gasteiger partial charge < -0.3 is 5.11 Å². The van der Waals surface area contributed by atoms with Crippen molar-refractivity contribution in [1.82, 2.24) is 9.80 Å². The van der Waals surface area contributed by atoms with Gasteiger partial charge in [-0.15, -0.1) is 11.8 Å². The Kier molecular flexibility index (Phi) is 7.15. The Labute approximate surface area is 162 Å².